The largest absolute Gasteiger partial charge is 0.480 e. The van der Waals surface area contributed by atoms with Gasteiger partial charge >= 0.3 is 5.97 Å². The first-order valence-corrected chi connectivity index (χ1v) is 10.7. The molecule has 5 atom stereocenters. The van der Waals surface area contributed by atoms with Gasteiger partial charge in [0.15, 0.2) is 0 Å². The van der Waals surface area contributed by atoms with Crippen molar-refractivity contribution in [2.45, 2.75) is 83.1 Å². The molecule has 0 aromatic heterocycles. The van der Waals surface area contributed by atoms with Crippen molar-refractivity contribution in [2.75, 3.05) is 13.1 Å². The summed E-state index contributed by atoms with van der Waals surface area (Å²) in [6.07, 6.45) is 1.61. The van der Waals surface area contributed by atoms with Gasteiger partial charge in [-0.3, -0.25) is 14.4 Å². The van der Waals surface area contributed by atoms with Crippen molar-refractivity contribution in [3.05, 3.63) is 0 Å². The number of carbonyl (C=O) groups is 4. The monoisotopic (exact) mass is 426 g/mol. The lowest BCUT2D eigenvalue weighted by molar-refractivity contribution is -0.150. The van der Waals surface area contributed by atoms with E-state index in [1.54, 1.807) is 0 Å². The molecule has 0 aliphatic carbocycles. The lowest BCUT2D eigenvalue weighted by atomic mass is 10.0. The van der Waals surface area contributed by atoms with Crippen LogP contribution in [0, 0.1) is 5.92 Å². The third-order valence-corrected chi connectivity index (χ3v) is 5.58. The molecular weight excluding hydrogens is 392 g/mol. The van der Waals surface area contributed by atoms with Crippen LogP contribution in [0.5, 0.6) is 0 Å². The predicted molar refractivity (Wildman–Crippen MR) is 108 cm³/mol. The molecule has 0 radical (unpaired) electrons. The fourth-order valence-electron chi connectivity index (χ4n) is 3.99. The maximum Gasteiger partial charge on any atom is 0.326 e. The Hall–Kier alpha value is -2.20. The molecule has 0 saturated carbocycles. The van der Waals surface area contributed by atoms with E-state index in [1.807, 2.05) is 13.8 Å². The molecule has 5 N–H and O–H groups in total. The molecule has 170 valence electrons. The van der Waals surface area contributed by atoms with E-state index in [1.165, 1.54) is 11.8 Å². The van der Waals surface area contributed by atoms with Crippen molar-refractivity contribution in [3.63, 3.8) is 0 Å². The van der Waals surface area contributed by atoms with Gasteiger partial charge in [-0.2, -0.15) is 0 Å². The third-order valence-electron chi connectivity index (χ3n) is 5.58. The molecule has 0 aromatic carbocycles. The van der Waals surface area contributed by atoms with Gasteiger partial charge in [-0.25, -0.2) is 4.79 Å². The van der Waals surface area contributed by atoms with Gasteiger partial charge in [0.2, 0.25) is 17.7 Å². The standard InChI is InChI=1S/C20H34N4O6/c1-11(2)10-14(22-17(26)13-6-4-8-21-13)18(27)23-16(12(3)25)19(28)24-9-5-7-15(24)20(29)30/h11-16,21,25H,4-10H2,1-3H3,(H,22,26)(H,23,27)(H,29,30). The van der Waals surface area contributed by atoms with Crippen LogP contribution in [0.3, 0.4) is 0 Å². The van der Waals surface area contributed by atoms with E-state index in [0.717, 1.165) is 13.0 Å². The maximum absolute atomic E-state index is 12.9. The molecule has 0 bridgehead atoms. The molecule has 0 spiro atoms. The zero-order chi connectivity index (χ0) is 22.4. The number of amides is 3. The normalized spacial score (nSPS) is 24.4. The van der Waals surface area contributed by atoms with E-state index in [4.69, 9.17) is 0 Å². The smallest absolute Gasteiger partial charge is 0.326 e. The quantitative estimate of drug-likeness (QED) is 0.324. The van der Waals surface area contributed by atoms with Gasteiger partial charge in [0.05, 0.1) is 12.1 Å². The molecule has 10 heteroatoms. The van der Waals surface area contributed by atoms with Crippen molar-refractivity contribution >= 4 is 23.7 Å². The van der Waals surface area contributed by atoms with Crippen LogP contribution in [0.1, 0.15) is 52.9 Å². The highest BCUT2D eigenvalue weighted by atomic mass is 16.4. The first-order valence-electron chi connectivity index (χ1n) is 10.7. The SMILES string of the molecule is CC(C)CC(NC(=O)C1CCCN1)C(=O)NC(C(=O)N1CCCC1C(=O)O)C(C)O. The Morgan fingerprint density at radius 3 is 2.33 bits per heavy atom. The summed E-state index contributed by atoms with van der Waals surface area (Å²) in [6, 6.07) is -3.45. The second-order valence-corrected chi connectivity index (χ2v) is 8.59. The Balaban J connectivity index is 2.09. The molecular formula is C20H34N4O6. The van der Waals surface area contributed by atoms with Gasteiger partial charge in [0.1, 0.15) is 18.1 Å². The first-order chi connectivity index (χ1) is 14.1. The van der Waals surface area contributed by atoms with Gasteiger partial charge in [0, 0.05) is 6.54 Å². The topological polar surface area (TPSA) is 148 Å². The highest BCUT2D eigenvalue weighted by molar-refractivity contribution is 5.94. The summed E-state index contributed by atoms with van der Waals surface area (Å²) in [5.41, 5.74) is 0. The lowest BCUT2D eigenvalue weighted by Crippen LogP contribution is -2.60. The second-order valence-electron chi connectivity index (χ2n) is 8.59. The van der Waals surface area contributed by atoms with Gasteiger partial charge < -0.3 is 31.1 Å². The first kappa shape index (κ1) is 24.1. The van der Waals surface area contributed by atoms with Gasteiger partial charge in [-0.05, 0) is 51.5 Å². The van der Waals surface area contributed by atoms with E-state index in [0.29, 0.717) is 25.7 Å². The van der Waals surface area contributed by atoms with E-state index in [9.17, 15) is 29.4 Å². The van der Waals surface area contributed by atoms with Crippen molar-refractivity contribution in [3.8, 4) is 0 Å². The molecule has 2 rings (SSSR count). The maximum atomic E-state index is 12.9. The average Bonchev–Trinajstić information content (AvgIpc) is 3.35. The number of nitrogens with one attached hydrogen (secondary N) is 3. The van der Waals surface area contributed by atoms with Crippen molar-refractivity contribution in [1.29, 1.82) is 0 Å². The molecule has 10 nitrogen and oxygen atoms in total. The number of hydrogen-bond donors (Lipinski definition) is 5. The van der Waals surface area contributed by atoms with Crippen LogP contribution in [0.25, 0.3) is 0 Å². The van der Waals surface area contributed by atoms with Gasteiger partial charge in [-0.15, -0.1) is 0 Å². The minimum absolute atomic E-state index is 0.105. The van der Waals surface area contributed by atoms with Crippen molar-refractivity contribution in [2.24, 2.45) is 5.92 Å². The Bertz CT molecular complexity index is 647. The number of aliphatic carboxylic acids is 1. The third kappa shape index (κ3) is 6.15. The number of aliphatic hydroxyl groups excluding tert-OH is 1. The average molecular weight is 427 g/mol. The highest BCUT2D eigenvalue weighted by Gasteiger charge is 2.40. The molecule has 2 aliphatic heterocycles. The molecule has 2 fully saturated rings. The number of aliphatic hydroxyl groups is 1. The molecule has 2 saturated heterocycles. The lowest BCUT2D eigenvalue weighted by Gasteiger charge is -2.30. The molecule has 2 heterocycles. The summed E-state index contributed by atoms with van der Waals surface area (Å²) < 4.78 is 0. The Kier molecular flexibility index (Phi) is 8.60. The predicted octanol–water partition coefficient (Wildman–Crippen LogP) is -0.789. The van der Waals surface area contributed by atoms with Crippen molar-refractivity contribution < 1.29 is 29.4 Å². The Labute approximate surface area is 176 Å². The van der Waals surface area contributed by atoms with Gasteiger partial charge in [0.25, 0.3) is 0 Å². The zero-order valence-corrected chi connectivity index (χ0v) is 17.9. The summed E-state index contributed by atoms with van der Waals surface area (Å²) in [5, 5.41) is 27.8. The number of likely N-dealkylation sites (tertiary alicyclic amines) is 1. The zero-order valence-electron chi connectivity index (χ0n) is 17.9. The molecule has 30 heavy (non-hydrogen) atoms. The van der Waals surface area contributed by atoms with Gasteiger partial charge in [-0.1, -0.05) is 13.8 Å². The van der Waals surface area contributed by atoms with Crippen LogP contribution in [-0.4, -0.2) is 82.2 Å². The number of nitrogens with zero attached hydrogens (tertiary/aromatic N) is 1. The van der Waals surface area contributed by atoms with Crippen LogP contribution >= 0.6 is 0 Å². The molecule has 5 unspecified atom stereocenters. The summed E-state index contributed by atoms with van der Waals surface area (Å²) in [5.74, 6) is -2.46. The van der Waals surface area contributed by atoms with E-state index in [2.05, 4.69) is 16.0 Å². The number of hydrogen-bond acceptors (Lipinski definition) is 6. The van der Waals surface area contributed by atoms with E-state index in [-0.39, 0.29) is 24.4 Å². The van der Waals surface area contributed by atoms with Crippen LogP contribution in [0.4, 0.5) is 0 Å². The van der Waals surface area contributed by atoms with Crippen LogP contribution in [0.15, 0.2) is 0 Å². The summed E-state index contributed by atoms with van der Waals surface area (Å²) in [7, 11) is 0. The van der Waals surface area contributed by atoms with E-state index >= 15 is 0 Å². The minimum atomic E-state index is -1.28. The molecule has 0 aromatic rings. The number of carboxylic acids is 1. The number of carbonyl (C=O) groups excluding carboxylic acids is 3. The Morgan fingerprint density at radius 2 is 1.80 bits per heavy atom. The van der Waals surface area contributed by atoms with Crippen molar-refractivity contribution in [1.82, 2.24) is 20.9 Å². The molecule has 3 amide bonds. The Morgan fingerprint density at radius 1 is 1.10 bits per heavy atom. The van der Waals surface area contributed by atoms with Crippen LogP contribution in [0.2, 0.25) is 0 Å². The highest BCUT2D eigenvalue weighted by Crippen LogP contribution is 2.19. The fourth-order valence-corrected chi connectivity index (χ4v) is 3.99. The number of carboxylic acid groups (broad SMARTS) is 1. The number of rotatable bonds is 9. The minimum Gasteiger partial charge on any atom is -0.480 e. The van der Waals surface area contributed by atoms with E-state index < -0.39 is 42.0 Å². The van der Waals surface area contributed by atoms with Crippen LogP contribution in [-0.2, 0) is 19.2 Å². The summed E-state index contributed by atoms with van der Waals surface area (Å²) in [6.45, 7) is 6.21. The second kappa shape index (κ2) is 10.7. The molecule has 2 aliphatic rings. The summed E-state index contributed by atoms with van der Waals surface area (Å²) in [4.78, 5) is 50.9. The van der Waals surface area contributed by atoms with Crippen LogP contribution < -0.4 is 16.0 Å². The fraction of sp³-hybridized carbons (Fsp3) is 0.800. The summed E-state index contributed by atoms with van der Waals surface area (Å²) >= 11 is 0.